The van der Waals surface area contributed by atoms with Crippen LogP contribution < -0.4 is 0 Å². The van der Waals surface area contributed by atoms with Crippen molar-refractivity contribution in [3.8, 4) is 12.1 Å². The van der Waals surface area contributed by atoms with Crippen molar-refractivity contribution in [3.63, 3.8) is 0 Å². The number of ether oxygens (including phenoxy) is 2. The number of unbranched alkanes of at least 4 members (excludes halogenated alkanes) is 2. The lowest BCUT2D eigenvalue weighted by Gasteiger charge is -2.33. The number of esters is 2. The first-order chi connectivity index (χ1) is 19.4. The van der Waals surface area contributed by atoms with E-state index in [1.54, 1.807) is 12.2 Å². The van der Waals surface area contributed by atoms with E-state index in [0.29, 0.717) is 25.0 Å². The maximum absolute atomic E-state index is 12.3. The number of rotatable bonds is 18. The van der Waals surface area contributed by atoms with Gasteiger partial charge in [0.15, 0.2) is 0 Å². The molecule has 8 nitrogen and oxygen atoms in total. The molecule has 1 fully saturated rings. The Bertz CT molecular complexity index is 884. The molecular formula is C32H48N4O4. The molecule has 0 spiro atoms. The predicted molar refractivity (Wildman–Crippen MR) is 157 cm³/mol. The molecule has 0 aromatic heterocycles. The first-order valence-electron chi connectivity index (χ1n) is 14.8. The molecular weight excluding hydrogens is 504 g/mol. The highest BCUT2D eigenvalue weighted by atomic mass is 16.5. The maximum Gasteiger partial charge on any atom is 0.348 e. The van der Waals surface area contributed by atoms with Crippen LogP contribution in [0.1, 0.15) is 79.1 Å². The van der Waals surface area contributed by atoms with Gasteiger partial charge in [0.05, 0.1) is 13.2 Å². The molecule has 1 heterocycles. The van der Waals surface area contributed by atoms with E-state index < -0.39 is 11.9 Å². The van der Waals surface area contributed by atoms with Crippen LogP contribution in [0.5, 0.6) is 0 Å². The lowest BCUT2D eigenvalue weighted by atomic mass is 10.0. The SMILES string of the molecule is CCCCC(CC)COC(=O)/C(C#N)=C/C=C/N1CCN(/C=C/C=C(\C#N)C(=O)OCC(CC)CCCC)CC1. The number of hydrogen-bond donors (Lipinski definition) is 0. The third-order valence-corrected chi connectivity index (χ3v) is 7.14. The molecule has 0 N–H and O–H groups in total. The molecule has 0 aromatic carbocycles. The van der Waals surface area contributed by atoms with Crippen LogP contribution in [0.2, 0.25) is 0 Å². The summed E-state index contributed by atoms with van der Waals surface area (Å²) in [4.78, 5) is 28.8. The summed E-state index contributed by atoms with van der Waals surface area (Å²) >= 11 is 0. The highest BCUT2D eigenvalue weighted by molar-refractivity contribution is 5.93. The molecule has 220 valence electrons. The van der Waals surface area contributed by atoms with Gasteiger partial charge in [0.1, 0.15) is 23.3 Å². The fourth-order valence-electron chi connectivity index (χ4n) is 4.20. The Balaban J connectivity index is 2.52. The van der Waals surface area contributed by atoms with E-state index in [1.165, 1.54) is 12.2 Å². The Morgan fingerprint density at radius 3 is 1.40 bits per heavy atom. The number of allylic oxidation sites excluding steroid dienone is 4. The van der Waals surface area contributed by atoms with E-state index in [-0.39, 0.29) is 11.1 Å². The second-order valence-corrected chi connectivity index (χ2v) is 10.2. The Hall–Kier alpha value is -3.52. The average molecular weight is 553 g/mol. The second-order valence-electron chi connectivity index (χ2n) is 10.2. The van der Waals surface area contributed by atoms with Gasteiger partial charge in [0, 0.05) is 26.2 Å². The summed E-state index contributed by atoms with van der Waals surface area (Å²) in [5.41, 5.74) is -0.0131. The number of hydrogen-bond acceptors (Lipinski definition) is 8. The van der Waals surface area contributed by atoms with Crippen LogP contribution in [0.25, 0.3) is 0 Å². The van der Waals surface area contributed by atoms with E-state index in [2.05, 4.69) is 37.5 Å². The summed E-state index contributed by atoms with van der Waals surface area (Å²) in [6.07, 6.45) is 18.5. The van der Waals surface area contributed by atoms with Crippen molar-refractivity contribution in [3.05, 3.63) is 47.9 Å². The maximum atomic E-state index is 12.3. The van der Waals surface area contributed by atoms with Crippen molar-refractivity contribution in [2.75, 3.05) is 39.4 Å². The highest BCUT2D eigenvalue weighted by Gasteiger charge is 2.15. The first-order valence-corrected chi connectivity index (χ1v) is 14.8. The van der Waals surface area contributed by atoms with Crippen molar-refractivity contribution in [2.24, 2.45) is 11.8 Å². The molecule has 8 heteroatoms. The zero-order valence-corrected chi connectivity index (χ0v) is 24.9. The average Bonchev–Trinajstić information content (AvgIpc) is 2.98. The molecule has 1 saturated heterocycles. The van der Waals surface area contributed by atoms with Crippen LogP contribution in [-0.4, -0.2) is 61.1 Å². The third-order valence-electron chi connectivity index (χ3n) is 7.14. The first kappa shape index (κ1) is 34.5. The minimum Gasteiger partial charge on any atom is -0.461 e. The van der Waals surface area contributed by atoms with Gasteiger partial charge in [-0.05, 0) is 61.4 Å². The van der Waals surface area contributed by atoms with Crippen LogP contribution in [0.4, 0.5) is 0 Å². The van der Waals surface area contributed by atoms with Crippen LogP contribution in [0, 0.1) is 34.5 Å². The molecule has 1 rings (SSSR count). The minimum atomic E-state index is -0.576. The molecule has 0 aromatic rings. The largest absolute Gasteiger partial charge is 0.461 e. The molecule has 0 bridgehead atoms. The van der Waals surface area contributed by atoms with Crippen molar-refractivity contribution < 1.29 is 19.1 Å². The molecule has 0 aliphatic carbocycles. The van der Waals surface area contributed by atoms with Crippen LogP contribution in [0.3, 0.4) is 0 Å². The molecule has 0 radical (unpaired) electrons. The van der Waals surface area contributed by atoms with E-state index in [1.807, 2.05) is 24.5 Å². The summed E-state index contributed by atoms with van der Waals surface area (Å²) in [6.45, 7) is 12.2. The Kier molecular flexibility index (Phi) is 18.4. The van der Waals surface area contributed by atoms with Crippen LogP contribution >= 0.6 is 0 Å². The van der Waals surface area contributed by atoms with Crippen LogP contribution in [0.15, 0.2) is 47.9 Å². The molecule has 0 amide bonds. The molecule has 2 atom stereocenters. The van der Waals surface area contributed by atoms with Crippen molar-refractivity contribution >= 4 is 11.9 Å². The number of carbonyl (C=O) groups is 2. The molecule has 1 aliphatic heterocycles. The zero-order chi connectivity index (χ0) is 29.6. The monoisotopic (exact) mass is 552 g/mol. The zero-order valence-electron chi connectivity index (χ0n) is 24.9. The van der Waals surface area contributed by atoms with Crippen molar-refractivity contribution in [2.45, 2.75) is 79.1 Å². The molecule has 0 saturated carbocycles. The number of carbonyl (C=O) groups excluding carboxylic acids is 2. The highest BCUT2D eigenvalue weighted by Crippen LogP contribution is 2.15. The summed E-state index contributed by atoms with van der Waals surface area (Å²) in [6, 6.07) is 3.88. The summed E-state index contributed by atoms with van der Waals surface area (Å²) in [7, 11) is 0. The summed E-state index contributed by atoms with van der Waals surface area (Å²) in [5.74, 6) is -0.497. The quantitative estimate of drug-likeness (QED) is 0.0875. The fraction of sp³-hybridized carbons (Fsp3) is 0.625. The lowest BCUT2D eigenvalue weighted by Crippen LogP contribution is -2.41. The van der Waals surface area contributed by atoms with Crippen LogP contribution in [-0.2, 0) is 19.1 Å². The van der Waals surface area contributed by atoms with Gasteiger partial charge in [-0.25, -0.2) is 9.59 Å². The summed E-state index contributed by atoms with van der Waals surface area (Å²) < 4.78 is 10.8. The van der Waals surface area contributed by atoms with E-state index in [4.69, 9.17) is 9.47 Å². The number of nitrogens with zero attached hydrogens (tertiary/aromatic N) is 4. The van der Waals surface area contributed by atoms with Gasteiger partial charge in [0.2, 0.25) is 0 Å². The van der Waals surface area contributed by atoms with E-state index >= 15 is 0 Å². The van der Waals surface area contributed by atoms with E-state index in [0.717, 1.165) is 77.5 Å². The predicted octanol–water partition coefficient (Wildman–Crippen LogP) is 6.05. The fourth-order valence-corrected chi connectivity index (χ4v) is 4.20. The van der Waals surface area contributed by atoms with E-state index in [9.17, 15) is 20.1 Å². The van der Waals surface area contributed by atoms with Gasteiger partial charge < -0.3 is 19.3 Å². The van der Waals surface area contributed by atoms with Gasteiger partial charge >= 0.3 is 11.9 Å². The smallest absolute Gasteiger partial charge is 0.348 e. The van der Waals surface area contributed by atoms with Gasteiger partial charge in [0.25, 0.3) is 0 Å². The standard InChI is InChI=1S/C32H48N4O4/c1-5-9-13-27(7-3)25-39-31(37)29(23-33)15-11-17-35-19-21-36(22-20-35)18-12-16-30(24-34)32(38)40-26-28(8-4)14-10-6-2/h11-12,15-18,27-28H,5-10,13-14,19-22,25-26H2,1-4H3/b17-11+,18-12+,29-15+,30-16+. The normalized spacial score (nSPS) is 16.1. The van der Waals surface area contributed by atoms with Gasteiger partial charge in [-0.3, -0.25) is 0 Å². The van der Waals surface area contributed by atoms with Crippen molar-refractivity contribution in [1.82, 2.24) is 9.80 Å². The minimum absolute atomic E-state index is 0.00653. The Morgan fingerprint density at radius 1 is 0.725 bits per heavy atom. The van der Waals surface area contributed by atoms with Gasteiger partial charge in [-0.2, -0.15) is 10.5 Å². The van der Waals surface area contributed by atoms with Gasteiger partial charge in [-0.1, -0.05) is 66.2 Å². The lowest BCUT2D eigenvalue weighted by molar-refractivity contribution is -0.140. The number of piperazine rings is 1. The molecule has 2 unspecified atom stereocenters. The summed E-state index contributed by atoms with van der Waals surface area (Å²) in [5, 5.41) is 18.7. The Labute approximate surface area is 241 Å². The van der Waals surface area contributed by atoms with Crippen molar-refractivity contribution in [1.29, 1.82) is 10.5 Å². The second kappa shape index (κ2) is 21.3. The Morgan fingerprint density at radius 2 is 1.10 bits per heavy atom. The van der Waals surface area contributed by atoms with Gasteiger partial charge in [-0.15, -0.1) is 0 Å². The molecule has 40 heavy (non-hydrogen) atoms. The third kappa shape index (κ3) is 14.0. The topological polar surface area (TPSA) is 107 Å². The molecule has 1 aliphatic rings. The number of nitriles is 2.